The summed E-state index contributed by atoms with van der Waals surface area (Å²) in [6.07, 6.45) is 2.84. The van der Waals surface area contributed by atoms with Crippen LogP contribution in [0.3, 0.4) is 0 Å². The molecule has 5 aromatic rings. The van der Waals surface area contributed by atoms with Gasteiger partial charge in [-0.15, -0.1) is 0 Å². The highest BCUT2D eigenvalue weighted by Crippen LogP contribution is 2.46. The first-order chi connectivity index (χ1) is 23.3. The number of nitrogens with zero attached hydrogens (tertiary/aromatic N) is 2. The summed E-state index contributed by atoms with van der Waals surface area (Å²) in [6, 6.07) is 35.0. The molecule has 0 aliphatic carbocycles. The number of carbonyl (C=O) groups is 2. The molecule has 1 aliphatic heterocycles. The van der Waals surface area contributed by atoms with Crippen molar-refractivity contribution < 1.29 is 22.7 Å². The normalized spacial score (nSPS) is 12.0. The Morgan fingerprint density at radius 3 is 2.04 bits per heavy atom. The van der Waals surface area contributed by atoms with Crippen molar-refractivity contribution in [1.82, 2.24) is 9.62 Å². The molecule has 0 saturated heterocycles. The number of amides is 3. The van der Waals surface area contributed by atoms with Crippen LogP contribution >= 0.6 is 11.6 Å². The monoisotopic (exact) mass is 679 g/mol. The first-order valence-corrected chi connectivity index (χ1v) is 17.6. The summed E-state index contributed by atoms with van der Waals surface area (Å²) in [4.78, 5) is 30.7. The predicted molar refractivity (Wildman–Crippen MR) is 188 cm³/mol. The van der Waals surface area contributed by atoms with Gasteiger partial charge in [-0.1, -0.05) is 110 Å². The van der Waals surface area contributed by atoms with Gasteiger partial charge in [-0.25, -0.2) is 17.9 Å². The number of benzene rings is 5. The van der Waals surface area contributed by atoms with Crippen molar-refractivity contribution in [2.75, 3.05) is 11.4 Å². The zero-order valence-corrected chi connectivity index (χ0v) is 27.9. The maximum atomic E-state index is 14.4. The van der Waals surface area contributed by atoms with E-state index in [4.69, 9.17) is 16.3 Å². The van der Waals surface area contributed by atoms with Gasteiger partial charge >= 0.3 is 6.03 Å². The van der Waals surface area contributed by atoms with E-state index in [9.17, 15) is 18.0 Å². The van der Waals surface area contributed by atoms with E-state index in [1.165, 1.54) is 18.2 Å². The zero-order chi connectivity index (χ0) is 33.7. The van der Waals surface area contributed by atoms with Crippen molar-refractivity contribution in [2.24, 2.45) is 0 Å². The first-order valence-electron chi connectivity index (χ1n) is 15.7. The van der Waals surface area contributed by atoms with Crippen LogP contribution in [0.4, 0.5) is 16.2 Å². The Hall–Kier alpha value is -5.12. The van der Waals surface area contributed by atoms with E-state index in [0.717, 1.165) is 24.8 Å². The lowest BCUT2D eigenvalue weighted by Crippen LogP contribution is -2.42. The van der Waals surface area contributed by atoms with Crippen molar-refractivity contribution in [3.05, 3.63) is 137 Å². The highest BCUT2D eigenvalue weighted by molar-refractivity contribution is 7.90. The minimum Gasteiger partial charge on any atom is -0.453 e. The molecule has 1 aliphatic rings. The molecular weight excluding hydrogens is 646 g/mol. The van der Waals surface area contributed by atoms with Crippen molar-refractivity contribution >= 4 is 44.9 Å². The molecule has 10 heteroatoms. The number of carbonyl (C=O) groups excluding carboxylic acids is 2. The van der Waals surface area contributed by atoms with Crippen LogP contribution in [-0.2, 0) is 16.6 Å². The lowest BCUT2D eigenvalue weighted by Gasteiger charge is -2.35. The van der Waals surface area contributed by atoms with Crippen molar-refractivity contribution in [1.29, 1.82) is 0 Å². The molecule has 0 aromatic heterocycles. The smallest absolute Gasteiger partial charge is 0.329 e. The molecule has 0 spiro atoms. The van der Waals surface area contributed by atoms with Crippen molar-refractivity contribution in [2.45, 2.75) is 37.6 Å². The average Bonchev–Trinajstić information content (AvgIpc) is 3.10. The molecule has 3 amide bonds. The molecule has 0 saturated carbocycles. The molecule has 0 radical (unpaired) electrons. The second-order valence-electron chi connectivity index (χ2n) is 11.4. The number of urea groups is 1. The van der Waals surface area contributed by atoms with E-state index < -0.39 is 15.9 Å². The molecule has 8 nitrogen and oxygen atoms in total. The molecule has 0 fully saturated rings. The van der Waals surface area contributed by atoms with Crippen LogP contribution in [0.15, 0.2) is 126 Å². The standard InChI is InChI=1S/C38H34ClN3O5S/c1-2-3-12-25-41(38(44)42-32-16-7-9-18-34(32)47-35-19-10-8-17-33(35)42)26-27-21-23-28(24-22-27)29-13-5-11-20-36(29)48(45,46)40-37(43)30-14-4-6-15-31(30)39/h4-11,13-24H,2-3,12,25-26H2,1H3,(H,40,43). The second-order valence-corrected chi connectivity index (χ2v) is 13.4. The fourth-order valence-corrected chi connectivity index (χ4v) is 7.09. The van der Waals surface area contributed by atoms with E-state index >= 15 is 0 Å². The van der Waals surface area contributed by atoms with Gasteiger partial charge in [-0.05, 0) is 60.0 Å². The number of nitrogens with one attached hydrogen (secondary N) is 1. The topological polar surface area (TPSA) is 96.0 Å². The Balaban J connectivity index is 1.26. The summed E-state index contributed by atoms with van der Waals surface area (Å²) in [5.41, 5.74) is 3.37. The van der Waals surface area contributed by atoms with E-state index in [2.05, 4.69) is 11.6 Å². The van der Waals surface area contributed by atoms with Crippen molar-refractivity contribution in [3.8, 4) is 22.6 Å². The van der Waals surface area contributed by atoms with Gasteiger partial charge in [-0.3, -0.25) is 9.69 Å². The Kier molecular flexibility index (Phi) is 9.80. The number of rotatable bonds is 10. The third-order valence-corrected chi connectivity index (χ3v) is 9.80. The van der Waals surface area contributed by atoms with Gasteiger partial charge < -0.3 is 9.64 Å². The molecule has 1 heterocycles. The van der Waals surface area contributed by atoms with Gasteiger partial charge in [0.2, 0.25) is 0 Å². The Labute approximate surface area is 285 Å². The number of para-hydroxylation sites is 4. The minimum absolute atomic E-state index is 0.0424. The van der Waals surface area contributed by atoms with Crippen LogP contribution in [0.1, 0.15) is 42.1 Å². The average molecular weight is 680 g/mol. The highest BCUT2D eigenvalue weighted by atomic mass is 35.5. The van der Waals surface area contributed by atoms with Gasteiger partial charge in [0.1, 0.15) is 0 Å². The van der Waals surface area contributed by atoms with Gasteiger partial charge in [0, 0.05) is 18.7 Å². The fourth-order valence-electron chi connectivity index (χ4n) is 5.67. The van der Waals surface area contributed by atoms with Gasteiger partial charge in [0.05, 0.1) is 26.9 Å². The summed E-state index contributed by atoms with van der Waals surface area (Å²) in [6.45, 7) is 3.03. The largest absolute Gasteiger partial charge is 0.453 e. The van der Waals surface area contributed by atoms with Crippen LogP contribution in [0, 0.1) is 0 Å². The number of anilines is 2. The lowest BCUT2D eigenvalue weighted by molar-refractivity contribution is 0.0981. The summed E-state index contributed by atoms with van der Waals surface area (Å²) in [7, 11) is -4.24. The Bertz CT molecular complexity index is 2020. The van der Waals surface area contributed by atoms with Crippen LogP contribution in [0.2, 0.25) is 5.02 Å². The summed E-state index contributed by atoms with van der Waals surface area (Å²) in [5.74, 6) is 0.405. The molecule has 5 aromatic carbocycles. The van der Waals surface area contributed by atoms with Gasteiger partial charge in [0.15, 0.2) is 11.5 Å². The third kappa shape index (κ3) is 6.93. The number of ether oxygens (including phenoxy) is 1. The Morgan fingerprint density at radius 2 is 1.38 bits per heavy atom. The Morgan fingerprint density at radius 1 is 0.771 bits per heavy atom. The SMILES string of the molecule is CCCCCN(Cc1ccc(-c2ccccc2S(=O)(=O)NC(=O)c2ccccc2Cl)cc1)C(=O)N1c2ccccc2Oc2ccccc21. The molecule has 1 N–H and O–H groups in total. The van der Waals surface area contributed by atoms with Crippen LogP contribution < -0.4 is 14.4 Å². The molecule has 0 unspecified atom stereocenters. The molecule has 6 rings (SSSR count). The number of unbranched alkanes of at least 4 members (excludes halogenated alkanes) is 2. The van der Waals surface area contributed by atoms with E-state index in [1.54, 1.807) is 35.2 Å². The number of hydrogen-bond acceptors (Lipinski definition) is 5. The van der Waals surface area contributed by atoms with Crippen LogP contribution in [0.5, 0.6) is 11.5 Å². The lowest BCUT2D eigenvalue weighted by atomic mass is 10.0. The van der Waals surface area contributed by atoms with Crippen LogP contribution in [0.25, 0.3) is 11.1 Å². The molecule has 0 atom stereocenters. The molecule has 0 bridgehead atoms. The zero-order valence-electron chi connectivity index (χ0n) is 26.3. The van der Waals surface area contributed by atoms with E-state index in [-0.39, 0.29) is 21.5 Å². The number of hydrogen-bond donors (Lipinski definition) is 1. The maximum absolute atomic E-state index is 14.4. The molecule has 244 valence electrons. The van der Waals surface area contributed by atoms with Crippen LogP contribution in [-0.4, -0.2) is 31.8 Å². The van der Waals surface area contributed by atoms with Crippen molar-refractivity contribution in [3.63, 3.8) is 0 Å². The van der Waals surface area contributed by atoms with Gasteiger partial charge in [-0.2, -0.15) is 0 Å². The molecule has 48 heavy (non-hydrogen) atoms. The van der Waals surface area contributed by atoms with Gasteiger partial charge in [0.25, 0.3) is 15.9 Å². The maximum Gasteiger partial charge on any atom is 0.329 e. The number of fused-ring (bicyclic) bond motifs is 2. The predicted octanol–water partition coefficient (Wildman–Crippen LogP) is 9.18. The first kappa shape index (κ1) is 32.8. The van der Waals surface area contributed by atoms with E-state index in [0.29, 0.717) is 47.1 Å². The summed E-state index contributed by atoms with van der Waals surface area (Å²) in [5, 5.41) is 0.151. The quantitative estimate of drug-likeness (QED) is 0.149. The minimum atomic E-state index is -4.24. The second kappa shape index (κ2) is 14.3. The number of sulfonamides is 1. The highest BCUT2D eigenvalue weighted by Gasteiger charge is 2.32. The fraction of sp³-hybridized carbons (Fsp3) is 0.158. The van der Waals surface area contributed by atoms with E-state index in [1.807, 2.05) is 77.7 Å². The number of halogens is 1. The summed E-state index contributed by atoms with van der Waals surface area (Å²) < 4.78 is 35.1. The third-order valence-electron chi connectivity index (χ3n) is 8.09. The summed E-state index contributed by atoms with van der Waals surface area (Å²) >= 11 is 6.13. The molecular formula is C38H34ClN3O5S.